The Balaban J connectivity index is 2.99. The quantitative estimate of drug-likeness (QED) is 0.186. The molecule has 0 rings (SSSR count). The summed E-state index contributed by atoms with van der Waals surface area (Å²) in [5.74, 6) is -0.371. The zero-order chi connectivity index (χ0) is 15.6. The van der Waals surface area contributed by atoms with Crippen LogP contribution < -0.4 is 5.26 Å². The molecular formula is C18H36O3. The Kier molecular flexibility index (Phi) is 16.7. The summed E-state index contributed by atoms with van der Waals surface area (Å²) in [6.07, 6.45) is 20.1. The smallest absolute Gasteiger partial charge is 0.495 e. The fourth-order valence-electron chi connectivity index (χ4n) is 2.69. The minimum Gasteiger partial charge on any atom is -0.588 e. The molecule has 0 amide bonds. The summed E-state index contributed by atoms with van der Waals surface area (Å²) in [6, 6.07) is 0. The molecule has 126 valence electrons. The lowest BCUT2D eigenvalue weighted by molar-refractivity contribution is -1.05. The summed E-state index contributed by atoms with van der Waals surface area (Å²) in [5, 5.41) is 18.7. The number of rotatable bonds is 16. The van der Waals surface area contributed by atoms with Crippen molar-refractivity contribution < 1.29 is 14.9 Å². The topological polar surface area (TPSA) is 54.6 Å². The molecule has 0 aromatic rings. The van der Waals surface area contributed by atoms with Crippen molar-refractivity contribution in [1.29, 1.82) is 0 Å². The highest BCUT2D eigenvalue weighted by atomic mass is 17.1. The van der Waals surface area contributed by atoms with Crippen molar-refractivity contribution in [2.75, 3.05) is 0 Å². The normalized spacial score (nSPS) is 12.0. The zero-order valence-corrected chi connectivity index (χ0v) is 14.1. The predicted molar refractivity (Wildman–Crippen MR) is 87.2 cm³/mol. The van der Waals surface area contributed by atoms with Crippen LogP contribution in [-0.2, 0) is 4.58 Å². The summed E-state index contributed by atoms with van der Waals surface area (Å²) in [6.45, 7) is 2.27. The molecule has 0 aromatic heterocycles. The maximum absolute atomic E-state index is 9.82. The lowest BCUT2D eigenvalue weighted by Gasteiger charge is -2.02. The summed E-state index contributed by atoms with van der Waals surface area (Å²) >= 11 is 0. The van der Waals surface area contributed by atoms with Gasteiger partial charge in [-0.25, -0.2) is 0 Å². The second kappa shape index (κ2) is 17.3. The fraction of sp³-hybridized carbons (Fsp3) is 0.944. The average Bonchev–Trinajstić information content (AvgIpc) is 2.50. The Morgan fingerprint density at radius 2 is 1.00 bits per heavy atom. The number of aliphatic carboxylic acids is 1. The number of aliphatic hydroxyl groups excluding tert-OH is 1. The van der Waals surface area contributed by atoms with E-state index in [4.69, 9.17) is 5.11 Å². The molecule has 0 saturated heterocycles. The number of carboxylic acids is 1. The molecule has 0 aliphatic heterocycles. The van der Waals surface area contributed by atoms with Gasteiger partial charge in [0.1, 0.15) is 6.42 Å². The van der Waals surface area contributed by atoms with E-state index in [1.807, 2.05) is 0 Å². The minimum absolute atomic E-state index is 0.371. The summed E-state index contributed by atoms with van der Waals surface area (Å²) < 4.78 is 3.49. The standard InChI is InChI=1S/C18H36O3/c1-2-3-4-5-6-7-8-9-10-11-12-13-14-15-16-17-18(19)21-20/h19H,2-17H2,1H3. The first kappa shape index (κ1) is 20.3. The Morgan fingerprint density at radius 1 is 0.667 bits per heavy atom. The van der Waals surface area contributed by atoms with Crippen LogP contribution in [0.1, 0.15) is 110 Å². The molecule has 0 radical (unpaired) electrons. The molecule has 21 heavy (non-hydrogen) atoms. The molecular weight excluding hydrogens is 264 g/mol. The monoisotopic (exact) mass is 300 g/mol. The van der Waals surface area contributed by atoms with Gasteiger partial charge in [0, 0.05) is 0 Å². The second-order valence-corrected chi connectivity index (χ2v) is 6.18. The van der Waals surface area contributed by atoms with Crippen LogP contribution in [0.4, 0.5) is 0 Å². The molecule has 0 unspecified atom stereocenters. The summed E-state index contributed by atoms with van der Waals surface area (Å²) in [4.78, 5) is 0. The van der Waals surface area contributed by atoms with Crippen molar-refractivity contribution in [1.82, 2.24) is 0 Å². The lowest BCUT2D eigenvalue weighted by atomic mass is 10.0. The van der Waals surface area contributed by atoms with Crippen LogP contribution >= 0.6 is 0 Å². The molecule has 0 atom stereocenters. The van der Waals surface area contributed by atoms with Crippen LogP contribution in [0, 0.1) is 0 Å². The highest BCUT2D eigenvalue weighted by molar-refractivity contribution is 5.66. The highest BCUT2D eigenvalue weighted by Crippen LogP contribution is 2.13. The molecule has 1 N–H and O–H groups in total. The largest absolute Gasteiger partial charge is 0.588 e. The van der Waals surface area contributed by atoms with E-state index in [1.54, 1.807) is 0 Å². The van der Waals surface area contributed by atoms with Crippen molar-refractivity contribution in [2.24, 2.45) is 0 Å². The van der Waals surface area contributed by atoms with Gasteiger partial charge < -0.3 is 10.4 Å². The molecule has 0 heterocycles. The number of carboxylic acid groups (broad SMARTS) is 1. The Morgan fingerprint density at radius 3 is 1.33 bits per heavy atom. The second-order valence-electron chi connectivity index (χ2n) is 6.18. The van der Waals surface area contributed by atoms with Gasteiger partial charge in [-0.15, -0.1) is 0 Å². The molecule has 0 aromatic carbocycles. The van der Waals surface area contributed by atoms with Gasteiger partial charge in [0.25, 0.3) is 0 Å². The Hall–Kier alpha value is -0.730. The zero-order valence-electron chi connectivity index (χ0n) is 14.1. The van der Waals surface area contributed by atoms with Crippen molar-refractivity contribution in [2.45, 2.75) is 110 Å². The van der Waals surface area contributed by atoms with Crippen LogP contribution in [0.2, 0.25) is 0 Å². The van der Waals surface area contributed by atoms with E-state index in [9.17, 15) is 5.26 Å². The van der Waals surface area contributed by atoms with Gasteiger partial charge in [0.15, 0.2) is 0 Å². The third-order valence-corrected chi connectivity index (χ3v) is 4.09. The Labute approximate surface area is 131 Å². The van der Waals surface area contributed by atoms with Crippen molar-refractivity contribution in [3.63, 3.8) is 0 Å². The van der Waals surface area contributed by atoms with Gasteiger partial charge in [-0.05, 0) is 6.42 Å². The molecule has 0 fully saturated rings. The maximum Gasteiger partial charge on any atom is 0.495 e. The van der Waals surface area contributed by atoms with Crippen molar-refractivity contribution in [3.8, 4) is 0 Å². The molecule has 0 spiro atoms. The van der Waals surface area contributed by atoms with E-state index in [-0.39, 0.29) is 5.97 Å². The van der Waals surface area contributed by atoms with Gasteiger partial charge in [-0.3, -0.25) is 4.58 Å². The molecule has 0 aliphatic carbocycles. The predicted octanol–water partition coefficient (Wildman–Crippen LogP) is 5.14. The van der Waals surface area contributed by atoms with Crippen molar-refractivity contribution in [3.05, 3.63) is 0 Å². The first-order chi connectivity index (χ1) is 10.3. The Bertz CT molecular complexity index is 227. The third kappa shape index (κ3) is 17.2. The van der Waals surface area contributed by atoms with E-state index in [0.717, 1.165) is 12.8 Å². The minimum atomic E-state index is -0.371. The van der Waals surface area contributed by atoms with Crippen LogP contribution in [0.5, 0.6) is 0 Å². The average molecular weight is 300 g/mol. The van der Waals surface area contributed by atoms with Crippen LogP contribution in [0.3, 0.4) is 0 Å². The van der Waals surface area contributed by atoms with E-state index in [2.05, 4.69) is 11.5 Å². The first-order valence-corrected chi connectivity index (χ1v) is 9.16. The van der Waals surface area contributed by atoms with E-state index in [0.29, 0.717) is 6.42 Å². The molecule has 0 bridgehead atoms. The van der Waals surface area contributed by atoms with Crippen LogP contribution in [-0.4, -0.2) is 11.1 Å². The van der Waals surface area contributed by atoms with Gasteiger partial charge in [-0.2, -0.15) is 0 Å². The number of hydrogen-bond acceptors (Lipinski definition) is 1. The number of unbranched alkanes of at least 4 members (excludes halogenated alkanes) is 14. The SMILES string of the molecule is CCCCCCCCCCCCCCCCCC(O)=[O+][O-]. The van der Waals surface area contributed by atoms with E-state index < -0.39 is 0 Å². The van der Waals surface area contributed by atoms with Gasteiger partial charge >= 0.3 is 5.97 Å². The fourth-order valence-corrected chi connectivity index (χ4v) is 2.69. The summed E-state index contributed by atoms with van der Waals surface area (Å²) in [5.41, 5.74) is 0. The summed E-state index contributed by atoms with van der Waals surface area (Å²) in [7, 11) is 0. The third-order valence-electron chi connectivity index (χ3n) is 4.09. The number of hydrogen-bond donors (Lipinski definition) is 1. The molecule has 0 aliphatic rings. The highest BCUT2D eigenvalue weighted by Gasteiger charge is 2.04. The van der Waals surface area contributed by atoms with Crippen LogP contribution in [0.25, 0.3) is 0 Å². The van der Waals surface area contributed by atoms with Crippen LogP contribution in [0.15, 0.2) is 0 Å². The van der Waals surface area contributed by atoms with E-state index in [1.165, 1.54) is 83.5 Å². The lowest BCUT2D eigenvalue weighted by Crippen LogP contribution is -2.08. The van der Waals surface area contributed by atoms with E-state index >= 15 is 0 Å². The van der Waals surface area contributed by atoms with Gasteiger partial charge in [-0.1, -0.05) is 96.8 Å². The molecule has 3 heteroatoms. The van der Waals surface area contributed by atoms with Gasteiger partial charge in [0.2, 0.25) is 0 Å². The maximum atomic E-state index is 9.82. The molecule has 3 nitrogen and oxygen atoms in total. The van der Waals surface area contributed by atoms with Crippen molar-refractivity contribution >= 4 is 5.97 Å². The van der Waals surface area contributed by atoms with Gasteiger partial charge in [0.05, 0.1) is 0 Å². The first-order valence-electron chi connectivity index (χ1n) is 9.16. The molecule has 0 saturated carbocycles.